The zero-order valence-corrected chi connectivity index (χ0v) is 13.5. The molecule has 0 aliphatic rings. The summed E-state index contributed by atoms with van der Waals surface area (Å²) in [6.07, 6.45) is 2.10. The van der Waals surface area contributed by atoms with Gasteiger partial charge in [-0.2, -0.15) is 0 Å². The van der Waals surface area contributed by atoms with Gasteiger partial charge in [0.15, 0.2) is 0 Å². The minimum absolute atomic E-state index is 1.14. The summed E-state index contributed by atoms with van der Waals surface area (Å²) >= 11 is 3.63. The van der Waals surface area contributed by atoms with Gasteiger partial charge in [-0.05, 0) is 61.4 Å². The van der Waals surface area contributed by atoms with Crippen molar-refractivity contribution in [1.82, 2.24) is 0 Å². The van der Waals surface area contributed by atoms with Crippen LogP contribution in [0.2, 0.25) is 0 Å². The molecular weight excluding hydrogens is 282 g/mol. The number of hydrogen-bond donors (Lipinski definition) is 1. The Balaban J connectivity index is 1.99. The van der Waals surface area contributed by atoms with Crippen molar-refractivity contribution in [2.24, 2.45) is 0 Å². The van der Waals surface area contributed by atoms with Crippen LogP contribution in [0.5, 0.6) is 0 Å². The predicted molar refractivity (Wildman–Crippen MR) is 92.8 cm³/mol. The lowest BCUT2D eigenvalue weighted by Crippen LogP contribution is -1.89. The number of aryl methyl sites for hydroxylation is 2. The molecule has 0 radical (unpaired) electrons. The lowest BCUT2D eigenvalue weighted by atomic mass is 10.1. The van der Waals surface area contributed by atoms with E-state index in [9.17, 15) is 0 Å². The zero-order valence-electron chi connectivity index (χ0n) is 11.9. The molecule has 20 heavy (non-hydrogen) atoms. The van der Waals surface area contributed by atoms with Gasteiger partial charge >= 0.3 is 0 Å². The SMILES string of the molecule is CSc1ccc(Nc2cccc3c(C)c(C)sc23)cc1. The van der Waals surface area contributed by atoms with Gasteiger partial charge in [-0.15, -0.1) is 23.1 Å². The lowest BCUT2D eigenvalue weighted by Gasteiger charge is -2.08. The molecule has 1 heterocycles. The lowest BCUT2D eigenvalue weighted by molar-refractivity contribution is 1.45. The first kappa shape index (κ1) is 13.5. The van der Waals surface area contributed by atoms with Crippen molar-refractivity contribution in [3.63, 3.8) is 0 Å². The molecule has 0 unspecified atom stereocenters. The Morgan fingerprint density at radius 2 is 1.75 bits per heavy atom. The average molecular weight is 299 g/mol. The fraction of sp³-hybridized carbons (Fsp3) is 0.176. The first-order valence-electron chi connectivity index (χ1n) is 6.59. The first-order valence-corrected chi connectivity index (χ1v) is 8.63. The Kier molecular flexibility index (Phi) is 3.72. The van der Waals surface area contributed by atoms with Crippen molar-refractivity contribution in [3.05, 3.63) is 52.9 Å². The van der Waals surface area contributed by atoms with Gasteiger partial charge in [0.25, 0.3) is 0 Å². The maximum absolute atomic E-state index is 3.54. The van der Waals surface area contributed by atoms with E-state index in [1.807, 2.05) is 11.3 Å². The Morgan fingerprint density at radius 3 is 2.45 bits per heavy atom. The summed E-state index contributed by atoms with van der Waals surface area (Å²) < 4.78 is 1.34. The van der Waals surface area contributed by atoms with Gasteiger partial charge in [-0.3, -0.25) is 0 Å². The third-order valence-corrected chi connectivity index (χ3v) is 5.57. The molecule has 3 rings (SSSR count). The van der Waals surface area contributed by atoms with Crippen molar-refractivity contribution in [2.45, 2.75) is 18.7 Å². The average Bonchev–Trinajstić information content (AvgIpc) is 2.77. The van der Waals surface area contributed by atoms with Crippen LogP contribution in [0.3, 0.4) is 0 Å². The number of rotatable bonds is 3. The molecule has 1 aromatic heterocycles. The fourth-order valence-corrected chi connectivity index (χ4v) is 3.83. The van der Waals surface area contributed by atoms with Crippen LogP contribution >= 0.6 is 23.1 Å². The van der Waals surface area contributed by atoms with Gasteiger partial charge in [-0.1, -0.05) is 12.1 Å². The van der Waals surface area contributed by atoms with Gasteiger partial charge in [0.1, 0.15) is 0 Å². The van der Waals surface area contributed by atoms with E-state index in [4.69, 9.17) is 0 Å². The van der Waals surface area contributed by atoms with E-state index in [2.05, 4.69) is 67.9 Å². The van der Waals surface area contributed by atoms with Crippen LogP contribution in [-0.4, -0.2) is 6.26 Å². The maximum atomic E-state index is 3.54. The largest absolute Gasteiger partial charge is 0.354 e. The molecule has 0 aliphatic heterocycles. The molecule has 3 heteroatoms. The predicted octanol–water partition coefficient (Wildman–Crippen LogP) is 5.98. The topological polar surface area (TPSA) is 12.0 Å². The molecular formula is C17H17NS2. The summed E-state index contributed by atoms with van der Waals surface area (Å²) in [4.78, 5) is 2.68. The van der Waals surface area contributed by atoms with Crippen LogP contribution in [0.15, 0.2) is 47.4 Å². The zero-order chi connectivity index (χ0) is 14.1. The summed E-state index contributed by atoms with van der Waals surface area (Å²) in [7, 11) is 0. The smallest absolute Gasteiger partial charge is 0.0583 e. The molecule has 0 bridgehead atoms. The maximum Gasteiger partial charge on any atom is 0.0583 e. The van der Waals surface area contributed by atoms with Crippen molar-refractivity contribution in [3.8, 4) is 0 Å². The molecule has 0 saturated carbocycles. The molecule has 1 N–H and O–H groups in total. The number of benzene rings is 2. The number of hydrogen-bond acceptors (Lipinski definition) is 3. The van der Waals surface area contributed by atoms with Gasteiger partial charge in [0.2, 0.25) is 0 Å². The van der Waals surface area contributed by atoms with E-state index in [0.717, 1.165) is 5.69 Å². The number of thiophene rings is 1. The monoisotopic (exact) mass is 299 g/mol. The summed E-state index contributed by atoms with van der Waals surface area (Å²) in [6, 6.07) is 15.1. The molecule has 0 saturated heterocycles. The quantitative estimate of drug-likeness (QED) is 0.597. The van der Waals surface area contributed by atoms with Crippen LogP contribution in [0.25, 0.3) is 10.1 Å². The van der Waals surface area contributed by atoms with Crippen LogP contribution in [0.1, 0.15) is 10.4 Å². The van der Waals surface area contributed by atoms with E-state index in [-0.39, 0.29) is 0 Å². The highest BCUT2D eigenvalue weighted by Gasteiger charge is 2.08. The minimum Gasteiger partial charge on any atom is -0.354 e. The van der Waals surface area contributed by atoms with Crippen molar-refractivity contribution in [2.75, 3.05) is 11.6 Å². The van der Waals surface area contributed by atoms with E-state index < -0.39 is 0 Å². The van der Waals surface area contributed by atoms with Crippen LogP contribution < -0.4 is 5.32 Å². The Bertz CT molecular complexity index is 742. The van der Waals surface area contributed by atoms with E-state index in [0.29, 0.717) is 0 Å². The van der Waals surface area contributed by atoms with E-state index in [1.165, 1.54) is 31.1 Å². The highest BCUT2D eigenvalue weighted by Crippen LogP contribution is 2.36. The highest BCUT2D eigenvalue weighted by molar-refractivity contribution is 7.98. The molecule has 2 aromatic carbocycles. The number of nitrogens with one attached hydrogen (secondary N) is 1. The second-order valence-electron chi connectivity index (χ2n) is 4.82. The number of anilines is 2. The Labute approximate surface area is 128 Å². The van der Waals surface area contributed by atoms with Crippen molar-refractivity contribution < 1.29 is 0 Å². The van der Waals surface area contributed by atoms with Gasteiger partial charge in [-0.25, -0.2) is 0 Å². The third-order valence-electron chi connectivity index (χ3n) is 3.57. The normalized spacial score (nSPS) is 10.9. The third kappa shape index (κ3) is 2.43. The fourth-order valence-electron chi connectivity index (χ4n) is 2.29. The molecule has 1 nitrogen and oxygen atoms in total. The van der Waals surface area contributed by atoms with Gasteiger partial charge in [0, 0.05) is 15.5 Å². The summed E-state index contributed by atoms with van der Waals surface area (Å²) in [6.45, 7) is 4.39. The standard InChI is InChI=1S/C17H17NS2/c1-11-12(2)20-17-15(11)5-4-6-16(17)18-13-7-9-14(19-3)10-8-13/h4-10,18H,1-3H3. The van der Waals surface area contributed by atoms with E-state index in [1.54, 1.807) is 11.8 Å². The minimum atomic E-state index is 1.14. The van der Waals surface area contributed by atoms with Crippen molar-refractivity contribution in [1.29, 1.82) is 0 Å². The summed E-state index contributed by atoms with van der Waals surface area (Å²) in [5.41, 5.74) is 3.73. The Hall–Kier alpha value is -1.45. The Morgan fingerprint density at radius 1 is 1.00 bits per heavy atom. The number of thioether (sulfide) groups is 1. The molecule has 0 spiro atoms. The van der Waals surface area contributed by atoms with Crippen molar-refractivity contribution >= 4 is 44.6 Å². The van der Waals surface area contributed by atoms with Crippen LogP contribution in [-0.2, 0) is 0 Å². The second-order valence-corrected chi connectivity index (χ2v) is 6.92. The van der Waals surface area contributed by atoms with E-state index >= 15 is 0 Å². The summed E-state index contributed by atoms with van der Waals surface area (Å²) in [5.74, 6) is 0. The summed E-state index contributed by atoms with van der Waals surface area (Å²) in [5, 5.41) is 4.90. The van der Waals surface area contributed by atoms with Gasteiger partial charge < -0.3 is 5.32 Å². The first-order chi connectivity index (χ1) is 9.69. The molecule has 3 aromatic rings. The molecule has 0 aliphatic carbocycles. The molecule has 0 atom stereocenters. The van der Waals surface area contributed by atoms with Crippen LogP contribution in [0.4, 0.5) is 11.4 Å². The number of fused-ring (bicyclic) bond motifs is 1. The van der Waals surface area contributed by atoms with Gasteiger partial charge in [0.05, 0.1) is 10.4 Å². The molecule has 0 amide bonds. The van der Waals surface area contributed by atoms with Crippen LogP contribution in [0, 0.1) is 13.8 Å². The second kappa shape index (κ2) is 5.51. The highest BCUT2D eigenvalue weighted by atomic mass is 32.2. The molecule has 0 fully saturated rings. The molecule has 102 valence electrons.